The minimum absolute atomic E-state index is 0.0751. The van der Waals surface area contributed by atoms with Crippen LogP contribution < -0.4 is 10.1 Å². The van der Waals surface area contributed by atoms with Crippen LogP contribution >= 0.6 is 11.8 Å². The number of amides is 1. The first-order valence-corrected chi connectivity index (χ1v) is 10.0. The van der Waals surface area contributed by atoms with Crippen molar-refractivity contribution in [3.05, 3.63) is 80.9 Å². The molecule has 0 radical (unpaired) electrons. The molecule has 1 aliphatic heterocycles. The van der Waals surface area contributed by atoms with Gasteiger partial charge in [-0.05, 0) is 49.0 Å². The third-order valence-electron chi connectivity index (χ3n) is 4.48. The number of aryl methyl sites for hydroxylation is 1. The van der Waals surface area contributed by atoms with E-state index in [1.165, 1.54) is 31.0 Å². The van der Waals surface area contributed by atoms with E-state index in [0.717, 1.165) is 11.3 Å². The molecule has 0 saturated carbocycles. The molecule has 1 amide bonds. The number of carbonyl (C=O) groups is 1. The number of furan rings is 1. The summed E-state index contributed by atoms with van der Waals surface area (Å²) in [6, 6.07) is 15.4. The van der Waals surface area contributed by atoms with Crippen LogP contribution in [0.15, 0.2) is 68.9 Å². The molecule has 8 nitrogen and oxygen atoms in total. The third-order valence-corrected chi connectivity index (χ3v) is 5.39. The van der Waals surface area contributed by atoms with Gasteiger partial charge in [-0.3, -0.25) is 14.9 Å². The number of aliphatic imine (C=N–C) groups is 1. The summed E-state index contributed by atoms with van der Waals surface area (Å²) in [5.41, 5.74) is 2.38. The molecule has 4 rings (SSSR count). The zero-order chi connectivity index (χ0) is 22.0. The molecule has 31 heavy (non-hydrogen) atoms. The van der Waals surface area contributed by atoms with E-state index in [9.17, 15) is 14.9 Å². The number of ether oxygens (including phenoxy) is 1. The lowest BCUT2D eigenvalue weighted by atomic mass is 10.1. The van der Waals surface area contributed by atoms with Crippen molar-refractivity contribution in [2.24, 2.45) is 4.99 Å². The van der Waals surface area contributed by atoms with Gasteiger partial charge in [-0.1, -0.05) is 17.7 Å². The van der Waals surface area contributed by atoms with E-state index in [2.05, 4.69) is 10.3 Å². The monoisotopic (exact) mass is 435 g/mol. The van der Waals surface area contributed by atoms with Gasteiger partial charge in [-0.25, -0.2) is 4.99 Å². The zero-order valence-electron chi connectivity index (χ0n) is 16.6. The predicted octanol–water partition coefficient (Wildman–Crippen LogP) is 5.06. The number of carbonyl (C=O) groups excluding carboxylic acids is 1. The van der Waals surface area contributed by atoms with Crippen LogP contribution in [0.2, 0.25) is 0 Å². The van der Waals surface area contributed by atoms with Crippen molar-refractivity contribution in [1.29, 1.82) is 0 Å². The van der Waals surface area contributed by atoms with E-state index in [0.29, 0.717) is 32.9 Å². The van der Waals surface area contributed by atoms with Gasteiger partial charge in [0.25, 0.3) is 11.6 Å². The van der Waals surface area contributed by atoms with Gasteiger partial charge in [-0.2, -0.15) is 0 Å². The summed E-state index contributed by atoms with van der Waals surface area (Å²) in [6.07, 6.45) is 1.62. The Labute approximate surface area is 181 Å². The predicted molar refractivity (Wildman–Crippen MR) is 119 cm³/mol. The highest BCUT2D eigenvalue weighted by molar-refractivity contribution is 8.18. The number of nitro groups is 1. The average Bonchev–Trinajstić information content (AvgIpc) is 3.36. The van der Waals surface area contributed by atoms with E-state index in [1.54, 1.807) is 24.3 Å². The second-order valence-electron chi connectivity index (χ2n) is 6.66. The standard InChI is InChI=1S/C22H17N3O5S/c1-13-3-5-14(6-4-13)23-22-24-21(26)20(31-22)12-16-8-10-18(30-16)17-9-7-15(25(27)28)11-19(17)29-2/h3-12H,1-2H3,(H,23,24,26)/b20-12+. The number of hydrogen-bond acceptors (Lipinski definition) is 7. The third kappa shape index (κ3) is 4.51. The maximum absolute atomic E-state index is 12.3. The molecule has 9 heteroatoms. The van der Waals surface area contributed by atoms with Crippen molar-refractivity contribution in [2.45, 2.75) is 6.92 Å². The highest BCUT2D eigenvalue weighted by Crippen LogP contribution is 2.35. The molecule has 1 fully saturated rings. The summed E-state index contributed by atoms with van der Waals surface area (Å²) in [7, 11) is 1.43. The minimum atomic E-state index is -0.490. The van der Waals surface area contributed by atoms with Crippen molar-refractivity contribution in [2.75, 3.05) is 7.11 Å². The van der Waals surface area contributed by atoms with Crippen LogP contribution in [0.25, 0.3) is 17.4 Å². The maximum atomic E-state index is 12.3. The van der Waals surface area contributed by atoms with Gasteiger partial charge in [0.05, 0.1) is 34.3 Å². The van der Waals surface area contributed by atoms with E-state index in [-0.39, 0.29) is 11.6 Å². The molecule has 2 heterocycles. The summed E-state index contributed by atoms with van der Waals surface area (Å²) in [4.78, 5) is 27.7. The zero-order valence-corrected chi connectivity index (χ0v) is 17.4. The lowest BCUT2D eigenvalue weighted by molar-refractivity contribution is -0.384. The summed E-state index contributed by atoms with van der Waals surface area (Å²) in [5.74, 6) is 0.991. The van der Waals surface area contributed by atoms with E-state index in [1.807, 2.05) is 31.2 Å². The van der Waals surface area contributed by atoms with E-state index >= 15 is 0 Å². The first-order chi connectivity index (χ1) is 14.9. The molecule has 3 aromatic rings. The smallest absolute Gasteiger partial charge is 0.273 e. The minimum Gasteiger partial charge on any atom is -0.496 e. The molecule has 0 atom stereocenters. The quantitative estimate of drug-likeness (QED) is 0.341. The molecule has 1 N–H and O–H groups in total. The van der Waals surface area contributed by atoms with Crippen molar-refractivity contribution in [3.63, 3.8) is 0 Å². The number of non-ortho nitro benzene ring substituents is 1. The Kier molecular flexibility index (Phi) is 5.59. The fraction of sp³-hybridized carbons (Fsp3) is 0.0909. The van der Waals surface area contributed by atoms with Crippen LogP contribution in [-0.4, -0.2) is 23.1 Å². The number of thioether (sulfide) groups is 1. The van der Waals surface area contributed by atoms with Gasteiger partial charge in [-0.15, -0.1) is 0 Å². The Morgan fingerprint density at radius 2 is 1.94 bits per heavy atom. The van der Waals surface area contributed by atoms with Crippen molar-refractivity contribution in [3.8, 4) is 17.1 Å². The van der Waals surface area contributed by atoms with Crippen molar-refractivity contribution >= 4 is 40.3 Å². The number of benzene rings is 2. The molecule has 0 unspecified atom stereocenters. The topological polar surface area (TPSA) is 107 Å². The van der Waals surface area contributed by atoms with Gasteiger partial charge in [0.1, 0.15) is 17.3 Å². The van der Waals surface area contributed by atoms with Gasteiger partial charge >= 0.3 is 0 Å². The number of nitro benzene ring substituents is 1. The number of nitrogens with zero attached hydrogens (tertiary/aromatic N) is 2. The number of hydrogen-bond donors (Lipinski definition) is 1. The van der Waals surface area contributed by atoms with E-state index < -0.39 is 4.92 Å². The highest BCUT2D eigenvalue weighted by Gasteiger charge is 2.24. The molecule has 0 spiro atoms. The van der Waals surface area contributed by atoms with Gasteiger partial charge < -0.3 is 14.5 Å². The average molecular weight is 435 g/mol. The molecule has 1 saturated heterocycles. The lowest BCUT2D eigenvalue weighted by Crippen LogP contribution is -2.19. The van der Waals surface area contributed by atoms with Crippen LogP contribution in [0.4, 0.5) is 11.4 Å². The summed E-state index contributed by atoms with van der Waals surface area (Å²) >= 11 is 1.22. The Morgan fingerprint density at radius 3 is 2.65 bits per heavy atom. The first-order valence-electron chi connectivity index (χ1n) is 9.22. The van der Waals surface area contributed by atoms with Crippen molar-refractivity contribution < 1.29 is 18.9 Å². The maximum Gasteiger partial charge on any atom is 0.273 e. The van der Waals surface area contributed by atoms with Gasteiger partial charge in [0.15, 0.2) is 5.17 Å². The number of amidine groups is 1. The molecule has 156 valence electrons. The van der Waals surface area contributed by atoms with Gasteiger partial charge in [0, 0.05) is 12.1 Å². The van der Waals surface area contributed by atoms with Gasteiger partial charge in [0.2, 0.25) is 0 Å². The largest absolute Gasteiger partial charge is 0.496 e. The van der Waals surface area contributed by atoms with E-state index in [4.69, 9.17) is 9.15 Å². The summed E-state index contributed by atoms with van der Waals surface area (Å²) in [6.45, 7) is 1.99. The molecular formula is C22H17N3O5S. The van der Waals surface area contributed by atoms with Crippen LogP contribution in [-0.2, 0) is 4.79 Å². The number of nitrogens with one attached hydrogen (secondary N) is 1. The SMILES string of the molecule is COc1cc([N+](=O)[O-])ccc1-c1ccc(/C=C2/SC(=Nc3ccc(C)cc3)NC2=O)o1. The number of rotatable bonds is 5. The molecule has 2 aromatic carbocycles. The molecule has 0 aliphatic carbocycles. The Hall–Kier alpha value is -3.85. The molecular weight excluding hydrogens is 418 g/mol. The molecule has 1 aliphatic rings. The van der Waals surface area contributed by atoms with Crippen LogP contribution in [0.1, 0.15) is 11.3 Å². The van der Waals surface area contributed by atoms with Crippen molar-refractivity contribution in [1.82, 2.24) is 5.32 Å². The Morgan fingerprint density at radius 1 is 1.16 bits per heavy atom. The second-order valence-corrected chi connectivity index (χ2v) is 7.69. The van der Waals surface area contributed by atoms with Crippen LogP contribution in [0.5, 0.6) is 5.75 Å². The summed E-state index contributed by atoms with van der Waals surface area (Å²) in [5, 5.41) is 14.2. The van der Waals surface area contributed by atoms with Crippen LogP contribution in [0, 0.1) is 17.0 Å². The summed E-state index contributed by atoms with van der Waals surface area (Å²) < 4.78 is 11.1. The fourth-order valence-corrected chi connectivity index (χ4v) is 3.74. The molecule has 0 bridgehead atoms. The number of methoxy groups -OCH3 is 1. The Bertz CT molecular complexity index is 1230. The fourth-order valence-electron chi connectivity index (χ4n) is 2.92. The first kappa shape index (κ1) is 20.4. The lowest BCUT2D eigenvalue weighted by Gasteiger charge is -2.05. The second kappa shape index (κ2) is 8.49. The van der Waals surface area contributed by atoms with Crippen LogP contribution in [0.3, 0.4) is 0 Å². The highest BCUT2D eigenvalue weighted by atomic mass is 32.2. The Balaban J connectivity index is 1.56. The normalized spacial score (nSPS) is 16.0. The molecule has 1 aromatic heterocycles.